The fourth-order valence-electron chi connectivity index (χ4n) is 1.35. The molecule has 68 valence electrons. The van der Waals surface area contributed by atoms with Crippen LogP contribution in [-0.2, 0) is 0 Å². The van der Waals surface area contributed by atoms with Crippen molar-refractivity contribution in [2.24, 2.45) is 0 Å². The number of aromatic nitrogens is 1. The number of nitrogens with one attached hydrogen (secondary N) is 1. The Morgan fingerprint density at radius 3 is 3.08 bits per heavy atom. The molecule has 0 unspecified atom stereocenters. The van der Waals surface area contributed by atoms with Crippen LogP contribution in [0, 0.1) is 6.92 Å². The highest BCUT2D eigenvalue weighted by Crippen LogP contribution is 2.19. The summed E-state index contributed by atoms with van der Waals surface area (Å²) in [7, 11) is 0. The Balaban J connectivity index is 2.48. The minimum atomic E-state index is 0.712. The monoisotopic (exact) mass is 176 g/mol. The number of hydrogen-bond donors (Lipinski definition) is 1. The number of hydrogen-bond acceptors (Lipinski definition) is 3. The lowest BCUT2D eigenvalue weighted by atomic mass is 10.3. The van der Waals surface area contributed by atoms with Gasteiger partial charge in [-0.15, -0.1) is 0 Å². The van der Waals surface area contributed by atoms with Crippen molar-refractivity contribution in [2.75, 3.05) is 11.9 Å². The molecule has 0 saturated carbocycles. The molecule has 0 saturated heterocycles. The first-order valence-corrected chi connectivity index (χ1v) is 4.40. The highest BCUT2D eigenvalue weighted by Gasteiger charge is 2.01. The first-order valence-electron chi connectivity index (χ1n) is 4.40. The largest absolute Gasteiger partial charge is 0.441 e. The number of nitrogens with zero attached hydrogens (tertiary/aromatic N) is 1. The Bertz CT molecular complexity index is 420. The molecule has 0 spiro atoms. The average molecular weight is 176 g/mol. The van der Waals surface area contributed by atoms with Gasteiger partial charge in [-0.1, -0.05) is 0 Å². The van der Waals surface area contributed by atoms with E-state index in [0.29, 0.717) is 5.89 Å². The SMILES string of the molecule is CCNc1ccc2nc(C)oc2c1. The van der Waals surface area contributed by atoms with E-state index in [1.807, 2.05) is 25.1 Å². The van der Waals surface area contributed by atoms with Gasteiger partial charge < -0.3 is 9.73 Å². The van der Waals surface area contributed by atoms with Crippen LogP contribution in [0.1, 0.15) is 12.8 Å². The van der Waals surface area contributed by atoms with Gasteiger partial charge in [0, 0.05) is 25.2 Å². The van der Waals surface area contributed by atoms with Gasteiger partial charge in [-0.25, -0.2) is 4.98 Å². The third-order valence-electron chi connectivity index (χ3n) is 1.88. The summed E-state index contributed by atoms with van der Waals surface area (Å²) in [5.74, 6) is 0.712. The van der Waals surface area contributed by atoms with E-state index in [1.54, 1.807) is 0 Å². The molecule has 1 heterocycles. The second-order valence-electron chi connectivity index (χ2n) is 2.95. The summed E-state index contributed by atoms with van der Waals surface area (Å²) in [6, 6.07) is 5.94. The third-order valence-corrected chi connectivity index (χ3v) is 1.88. The smallest absolute Gasteiger partial charge is 0.192 e. The van der Waals surface area contributed by atoms with Crippen LogP contribution >= 0.6 is 0 Å². The first kappa shape index (κ1) is 8.10. The average Bonchev–Trinajstić information content (AvgIpc) is 2.44. The molecule has 0 radical (unpaired) electrons. The zero-order valence-electron chi connectivity index (χ0n) is 7.79. The minimum absolute atomic E-state index is 0.712. The topological polar surface area (TPSA) is 38.1 Å². The number of aryl methyl sites for hydroxylation is 1. The van der Waals surface area contributed by atoms with Gasteiger partial charge in [0.25, 0.3) is 0 Å². The molecule has 2 rings (SSSR count). The molecular formula is C10H12N2O. The first-order chi connectivity index (χ1) is 6.29. The molecule has 3 heteroatoms. The molecule has 3 nitrogen and oxygen atoms in total. The van der Waals surface area contributed by atoms with Crippen LogP contribution < -0.4 is 5.32 Å². The van der Waals surface area contributed by atoms with E-state index in [0.717, 1.165) is 23.3 Å². The van der Waals surface area contributed by atoms with Crippen molar-refractivity contribution >= 4 is 16.8 Å². The van der Waals surface area contributed by atoms with Gasteiger partial charge in [-0.3, -0.25) is 0 Å². The highest BCUT2D eigenvalue weighted by molar-refractivity contribution is 5.77. The molecule has 0 bridgehead atoms. The molecule has 0 fully saturated rings. The molecule has 1 aromatic carbocycles. The van der Waals surface area contributed by atoms with Gasteiger partial charge in [-0.05, 0) is 19.1 Å². The standard InChI is InChI=1S/C10H12N2O/c1-3-11-8-4-5-9-10(6-8)13-7(2)12-9/h4-6,11H,3H2,1-2H3. The Kier molecular flexibility index (Phi) is 1.93. The predicted octanol–water partition coefficient (Wildman–Crippen LogP) is 2.57. The van der Waals surface area contributed by atoms with Crippen molar-refractivity contribution in [3.05, 3.63) is 24.1 Å². The van der Waals surface area contributed by atoms with Crippen LogP contribution in [0.4, 0.5) is 5.69 Å². The lowest BCUT2D eigenvalue weighted by Crippen LogP contribution is -1.95. The Morgan fingerprint density at radius 1 is 1.46 bits per heavy atom. The van der Waals surface area contributed by atoms with E-state index in [2.05, 4.69) is 17.2 Å². The van der Waals surface area contributed by atoms with Crippen molar-refractivity contribution < 1.29 is 4.42 Å². The van der Waals surface area contributed by atoms with E-state index in [1.165, 1.54) is 0 Å². The van der Waals surface area contributed by atoms with Crippen LogP contribution in [-0.4, -0.2) is 11.5 Å². The summed E-state index contributed by atoms with van der Waals surface area (Å²) < 4.78 is 5.40. The van der Waals surface area contributed by atoms with Crippen LogP contribution in [0.15, 0.2) is 22.6 Å². The Morgan fingerprint density at radius 2 is 2.31 bits per heavy atom. The van der Waals surface area contributed by atoms with Gasteiger partial charge in [0.15, 0.2) is 11.5 Å². The minimum Gasteiger partial charge on any atom is -0.441 e. The van der Waals surface area contributed by atoms with Crippen LogP contribution in [0.5, 0.6) is 0 Å². The molecule has 13 heavy (non-hydrogen) atoms. The van der Waals surface area contributed by atoms with E-state index >= 15 is 0 Å². The van der Waals surface area contributed by atoms with Crippen molar-refractivity contribution in [1.82, 2.24) is 4.98 Å². The van der Waals surface area contributed by atoms with Crippen LogP contribution in [0.3, 0.4) is 0 Å². The van der Waals surface area contributed by atoms with Crippen LogP contribution in [0.2, 0.25) is 0 Å². The molecule has 0 atom stereocenters. The number of anilines is 1. The molecule has 0 amide bonds. The van der Waals surface area contributed by atoms with Gasteiger partial charge in [0.1, 0.15) is 5.52 Å². The summed E-state index contributed by atoms with van der Waals surface area (Å²) in [4.78, 5) is 4.22. The fraction of sp³-hybridized carbons (Fsp3) is 0.300. The van der Waals surface area contributed by atoms with Crippen molar-refractivity contribution in [1.29, 1.82) is 0 Å². The number of rotatable bonds is 2. The maximum atomic E-state index is 5.40. The summed E-state index contributed by atoms with van der Waals surface area (Å²) in [5.41, 5.74) is 2.83. The number of fused-ring (bicyclic) bond motifs is 1. The Hall–Kier alpha value is -1.51. The normalized spacial score (nSPS) is 10.6. The summed E-state index contributed by atoms with van der Waals surface area (Å²) in [6.45, 7) is 4.83. The second-order valence-corrected chi connectivity index (χ2v) is 2.95. The third kappa shape index (κ3) is 1.49. The lowest BCUT2D eigenvalue weighted by Gasteiger charge is -2.00. The lowest BCUT2D eigenvalue weighted by molar-refractivity contribution is 0.561. The van der Waals surface area contributed by atoms with Gasteiger partial charge in [-0.2, -0.15) is 0 Å². The zero-order chi connectivity index (χ0) is 9.26. The van der Waals surface area contributed by atoms with Crippen molar-refractivity contribution in [3.63, 3.8) is 0 Å². The molecule has 0 aliphatic heterocycles. The second kappa shape index (κ2) is 3.09. The molecule has 1 aromatic heterocycles. The van der Waals surface area contributed by atoms with Gasteiger partial charge in [0.2, 0.25) is 0 Å². The van der Waals surface area contributed by atoms with Gasteiger partial charge >= 0.3 is 0 Å². The molecule has 0 aliphatic carbocycles. The van der Waals surface area contributed by atoms with E-state index in [-0.39, 0.29) is 0 Å². The maximum absolute atomic E-state index is 5.40. The summed E-state index contributed by atoms with van der Waals surface area (Å²) >= 11 is 0. The molecular weight excluding hydrogens is 164 g/mol. The van der Waals surface area contributed by atoms with E-state index < -0.39 is 0 Å². The number of benzene rings is 1. The Labute approximate surface area is 76.8 Å². The summed E-state index contributed by atoms with van der Waals surface area (Å²) in [5, 5.41) is 3.22. The fourth-order valence-corrected chi connectivity index (χ4v) is 1.35. The quantitative estimate of drug-likeness (QED) is 0.764. The van der Waals surface area contributed by atoms with E-state index in [9.17, 15) is 0 Å². The molecule has 0 aliphatic rings. The maximum Gasteiger partial charge on any atom is 0.192 e. The van der Waals surface area contributed by atoms with Crippen LogP contribution in [0.25, 0.3) is 11.1 Å². The molecule has 1 N–H and O–H groups in total. The predicted molar refractivity (Wildman–Crippen MR) is 52.9 cm³/mol. The number of oxazole rings is 1. The van der Waals surface area contributed by atoms with Crippen molar-refractivity contribution in [2.45, 2.75) is 13.8 Å². The van der Waals surface area contributed by atoms with E-state index in [4.69, 9.17) is 4.42 Å². The molecule has 2 aromatic rings. The summed E-state index contributed by atoms with van der Waals surface area (Å²) in [6.07, 6.45) is 0. The van der Waals surface area contributed by atoms with Crippen molar-refractivity contribution in [3.8, 4) is 0 Å². The zero-order valence-corrected chi connectivity index (χ0v) is 7.79. The highest BCUT2D eigenvalue weighted by atomic mass is 16.3. The van der Waals surface area contributed by atoms with Gasteiger partial charge in [0.05, 0.1) is 0 Å².